The lowest BCUT2D eigenvalue weighted by Crippen LogP contribution is -2.53. The Kier molecular flexibility index (Phi) is 4.36. The van der Waals surface area contributed by atoms with Crippen molar-refractivity contribution in [2.45, 2.75) is 19.9 Å². The average Bonchev–Trinajstić information content (AvgIpc) is 2.45. The monoisotopic (exact) mass is 271 g/mol. The van der Waals surface area contributed by atoms with E-state index in [4.69, 9.17) is 5.26 Å². The van der Waals surface area contributed by atoms with Crippen LogP contribution in [0.2, 0.25) is 0 Å². The van der Waals surface area contributed by atoms with Gasteiger partial charge in [0.25, 0.3) is 0 Å². The number of hydrogen-bond acceptors (Lipinski definition) is 3. The third-order valence-electron chi connectivity index (χ3n) is 3.28. The van der Waals surface area contributed by atoms with Gasteiger partial charge in [0, 0.05) is 13.1 Å². The standard InChI is InChI=1S/C15H17N3O2/c1-2-6-17-10-15(20)18(11-14(17)19)9-13-5-3-4-12(7-13)8-16/h3-5,7H,2,6,9-11H2,1H3. The minimum absolute atomic E-state index is 0.0112. The van der Waals surface area contributed by atoms with Crippen LogP contribution >= 0.6 is 0 Å². The van der Waals surface area contributed by atoms with Crippen molar-refractivity contribution in [3.05, 3.63) is 35.4 Å². The molecule has 1 heterocycles. The zero-order valence-electron chi connectivity index (χ0n) is 11.5. The number of carbonyl (C=O) groups excluding carboxylic acids is 2. The number of carbonyl (C=O) groups is 2. The topological polar surface area (TPSA) is 64.4 Å². The molecule has 0 spiro atoms. The quantitative estimate of drug-likeness (QED) is 0.825. The van der Waals surface area contributed by atoms with Gasteiger partial charge in [0.1, 0.15) is 6.54 Å². The molecule has 0 saturated carbocycles. The molecule has 5 heteroatoms. The predicted octanol–water partition coefficient (Wildman–Crippen LogP) is 1.14. The van der Waals surface area contributed by atoms with Crippen LogP contribution < -0.4 is 0 Å². The highest BCUT2D eigenvalue weighted by atomic mass is 16.2. The van der Waals surface area contributed by atoms with Crippen LogP contribution in [0, 0.1) is 11.3 Å². The molecule has 2 rings (SSSR count). The van der Waals surface area contributed by atoms with Crippen LogP contribution in [0.4, 0.5) is 0 Å². The molecule has 0 N–H and O–H groups in total. The largest absolute Gasteiger partial charge is 0.332 e. The number of benzene rings is 1. The summed E-state index contributed by atoms with van der Waals surface area (Å²) in [6.45, 7) is 3.26. The van der Waals surface area contributed by atoms with Crippen molar-refractivity contribution in [1.29, 1.82) is 5.26 Å². The van der Waals surface area contributed by atoms with E-state index in [1.807, 2.05) is 13.0 Å². The van der Waals surface area contributed by atoms with Gasteiger partial charge in [0.2, 0.25) is 11.8 Å². The summed E-state index contributed by atoms with van der Waals surface area (Å²) in [5.41, 5.74) is 1.43. The van der Waals surface area contributed by atoms with Gasteiger partial charge in [-0.15, -0.1) is 0 Å². The van der Waals surface area contributed by atoms with Crippen LogP contribution in [0.15, 0.2) is 24.3 Å². The molecule has 1 fully saturated rings. The summed E-state index contributed by atoms with van der Waals surface area (Å²) in [6.07, 6.45) is 0.850. The maximum atomic E-state index is 12.1. The second-order valence-electron chi connectivity index (χ2n) is 4.88. The van der Waals surface area contributed by atoms with Crippen molar-refractivity contribution in [2.24, 2.45) is 0 Å². The van der Waals surface area contributed by atoms with Crippen molar-refractivity contribution in [1.82, 2.24) is 9.80 Å². The summed E-state index contributed by atoms with van der Waals surface area (Å²) in [6, 6.07) is 9.18. The summed E-state index contributed by atoms with van der Waals surface area (Å²) in [5, 5.41) is 8.86. The van der Waals surface area contributed by atoms with Crippen molar-refractivity contribution in [2.75, 3.05) is 19.6 Å². The van der Waals surface area contributed by atoms with Crippen LogP contribution in [-0.2, 0) is 16.1 Å². The van der Waals surface area contributed by atoms with Gasteiger partial charge in [0.05, 0.1) is 18.2 Å². The van der Waals surface area contributed by atoms with Crippen LogP contribution in [0.3, 0.4) is 0 Å². The van der Waals surface area contributed by atoms with E-state index in [9.17, 15) is 9.59 Å². The molecule has 0 aliphatic carbocycles. The normalized spacial score (nSPS) is 15.4. The third kappa shape index (κ3) is 3.15. The molecule has 20 heavy (non-hydrogen) atoms. The van der Waals surface area contributed by atoms with E-state index in [0.29, 0.717) is 18.7 Å². The van der Waals surface area contributed by atoms with E-state index in [1.165, 1.54) is 0 Å². The Balaban J connectivity index is 2.05. The number of nitriles is 1. The number of rotatable bonds is 4. The lowest BCUT2D eigenvalue weighted by molar-refractivity contribution is -0.150. The van der Waals surface area contributed by atoms with E-state index < -0.39 is 0 Å². The Labute approximate surface area is 118 Å². The summed E-state index contributed by atoms with van der Waals surface area (Å²) >= 11 is 0. The van der Waals surface area contributed by atoms with Crippen molar-refractivity contribution < 1.29 is 9.59 Å². The third-order valence-corrected chi connectivity index (χ3v) is 3.28. The predicted molar refractivity (Wildman–Crippen MR) is 73.4 cm³/mol. The number of piperazine rings is 1. The molecule has 2 amide bonds. The molecule has 0 unspecified atom stereocenters. The van der Waals surface area contributed by atoms with Gasteiger partial charge in [-0.05, 0) is 24.1 Å². The van der Waals surface area contributed by atoms with Crippen molar-refractivity contribution >= 4 is 11.8 Å². The van der Waals surface area contributed by atoms with Crippen molar-refractivity contribution in [3.8, 4) is 6.07 Å². The lowest BCUT2D eigenvalue weighted by Gasteiger charge is -2.33. The Morgan fingerprint density at radius 2 is 1.90 bits per heavy atom. The fourth-order valence-electron chi connectivity index (χ4n) is 2.28. The summed E-state index contributed by atoms with van der Waals surface area (Å²) in [5.74, 6) is -0.0525. The Bertz CT molecular complexity index is 562. The van der Waals surface area contributed by atoms with E-state index in [1.54, 1.807) is 28.0 Å². The van der Waals surface area contributed by atoms with Gasteiger partial charge in [0.15, 0.2) is 0 Å². The highest BCUT2D eigenvalue weighted by Crippen LogP contribution is 2.12. The molecule has 1 saturated heterocycles. The van der Waals surface area contributed by atoms with E-state index in [2.05, 4.69) is 6.07 Å². The van der Waals surface area contributed by atoms with Crippen LogP contribution in [0.25, 0.3) is 0 Å². The van der Waals surface area contributed by atoms with Gasteiger partial charge in [-0.25, -0.2) is 0 Å². The molecule has 0 radical (unpaired) electrons. The van der Waals surface area contributed by atoms with Gasteiger partial charge < -0.3 is 9.80 Å². The smallest absolute Gasteiger partial charge is 0.242 e. The average molecular weight is 271 g/mol. The zero-order valence-corrected chi connectivity index (χ0v) is 11.5. The lowest BCUT2D eigenvalue weighted by atomic mass is 10.1. The van der Waals surface area contributed by atoms with E-state index >= 15 is 0 Å². The van der Waals surface area contributed by atoms with Crippen LogP contribution in [0.1, 0.15) is 24.5 Å². The molecular weight excluding hydrogens is 254 g/mol. The van der Waals surface area contributed by atoms with Gasteiger partial charge in [-0.3, -0.25) is 9.59 Å². The number of amides is 2. The van der Waals surface area contributed by atoms with E-state index in [-0.39, 0.29) is 24.9 Å². The first-order valence-electron chi connectivity index (χ1n) is 6.68. The summed E-state index contributed by atoms with van der Waals surface area (Å²) in [4.78, 5) is 27.1. The highest BCUT2D eigenvalue weighted by Gasteiger charge is 2.29. The molecule has 0 aromatic heterocycles. The van der Waals surface area contributed by atoms with Gasteiger partial charge >= 0.3 is 0 Å². The first-order valence-corrected chi connectivity index (χ1v) is 6.68. The first-order chi connectivity index (χ1) is 9.63. The molecule has 0 bridgehead atoms. The Morgan fingerprint density at radius 1 is 1.20 bits per heavy atom. The molecule has 104 valence electrons. The molecule has 1 aromatic carbocycles. The van der Waals surface area contributed by atoms with Gasteiger partial charge in [-0.2, -0.15) is 5.26 Å². The zero-order chi connectivity index (χ0) is 14.5. The second kappa shape index (κ2) is 6.20. The Morgan fingerprint density at radius 3 is 2.60 bits per heavy atom. The Hall–Kier alpha value is -2.35. The molecule has 1 aliphatic heterocycles. The fourth-order valence-corrected chi connectivity index (χ4v) is 2.28. The molecule has 1 aromatic rings. The fraction of sp³-hybridized carbons (Fsp3) is 0.400. The maximum Gasteiger partial charge on any atom is 0.242 e. The number of hydrogen-bond donors (Lipinski definition) is 0. The SMILES string of the molecule is CCCN1CC(=O)N(Cc2cccc(C#N)c2)CC1=O. The summed E-state index contributed by atoms with van der Waals surface area (Å²) in [7, 11) is 0. The van der Waals surface area contributed by atoms with Crippen molar-refractivity contribution in [3.63, 3.8) is 0 Å². The van der Waals surface area contributed by atoms with Crippen LogP contribution in [-0.4, -0.2) is 41.2 Å². The summed E-state index contributed by atoms with van der Waals surface area (Å²) < 4.78 is 0. The molecule has 1 aliphatic rings. The first kappa shape index (κ1) is 14.1. The molecular formula is C15H17N3O2. The van der Waals surface area contributed by atoms with Crippen LogP contribution in [0.5, 0.6) is 0 Å². The minimum Gasteiger partial charge on any atom is -0.332 e. The van der Waals surface area contributed by atoms with Gasteiger partial charge in [-0.1, -0.05) is 19.1 Å². The highest BCUT2D eigenvalue weighted by molar-refractivity contribution is 5.92. The number of nitrogens with zero attached hydrogens (tertiary/aromatic N) is 3. The van der Waals surface area contributed by atoms with E-state index in [0.717, 1.165) is 12.0 Å². The minimum atomic E-state index is -0.0413. The molecule has 0 atom stereocenters. The molecule has 5 nitrogen and oxygen atoms in total. The second-order valence-corrected chi connectivity index (χ2v) is 4.88. The maximum absolute atomic E-state index is 12.1.